The van der Waals surface area contributed by atoms with Gasteiger partial charge in [-0.1, -0.05) is 60.1 Å². The number of hydrogen-bond acceptors (Lipinski definition) is 4. The summed E-state index contributed by atoms with van der Waals surface area (Å²) in [6.07, 6.45) is 0.514. The van der Waals surface area contributed by atoms with Gasteiger partial charge in [-0.25, -0.2) is 9.37 Å². The van der Waals surface area contributed by atoms with Crippen LogP contribution in [0.25, 0.3) is 0 Å². The fourth-order valence-electron chi connectivity index (χ4n) is 4.32. The first-order valence-electron chi connectivity index (χ1n) is 11.1. The Hall–Kier alpha value is -3.48. The molecule has 0 atom stereocenters. The Morgan fingerprint density at radius 2 is 1.65 bits per heavy atom. The van der Waals surface area contributed by atoms with Gasteiger partial charge in [-0.15, -0.1) is 0 Å². The highest BCUT2D eigenvalue weighted by molar-refractivity contribution is 6.31. The Kier molecular flexibility index (Phi) is 6.18. The van der Waals surface area contributed by atoms with E-state index in [0.29, 0.717) is 48.5 Å². The summed E-state index contributed by atoms with van der Waals surface area (Å²) in [5.41, 5.74) is 4.11. The molecule has 0 saturated heterocycles. The molecule has 0 amide bonds. The molecular weight excluding hydrogens is 451 g/mol. The van der Waals surface area contributed by atoms with Gasteiger partial charge in [0.05, 0.1) is 19.0 Å². The van der Waals surface area contributed by atoms with Crippen molar-refractivity contribution in [3.63, 3.8) is 0 Å². The van der Waals surface area contributed by atoms with Crippen LogP contribution < -0.4 is 10.5 Å². The zero-order valence-electron chi connectivity index (χ0n) is 18.8. The molecule has 0 unspecified atom stereocenters. The first kappa shape index (κ1) is 22.3. The van der Waals surface area contributed by atoms with Crippen LogP contribution in [0.1, 0.15) is 22.4 Å². The van der Waals surface area contributed by atoms with Gasteiger partial charge in [0.2, 0.25) is 5.95 Å². The zero-order chi connectivity index (χ0) is 23.7. The van der Waals surface area contributed by atoms with Crippen LogP contribution in [0, 0.1) is 12.7 Å². The highest BCUT2D eigenvalue weighted by Crippen LogP contribution is 2.29. The van der Waals surface area contributed by atoms with Crippen LogP contribution in [-0.4, -0.2) is 21.1 Å². The first-order chi connectivity index (χ1) is 16.5. The summed E-state index contributed by atoms with van der Waals surface area (Å²) in [6, 6.07) is 23.9. The monoisotopic (exact) mass is 474 g/mol. The lowest BCUT2D eigenvalue weighted by molar-refractivity contribution is 0.190. The minimum Gasteiger partial charge on any atom is -0.298 e. The summed E-state index contributed by atoms with van der Waals surface area (Å²) >= 11 is 6.42. The van der Waals surface area contributed by atoms with Gasteiger partial charge in [-0.05, 0) is 48.4 Å². The lowest BCUT2D eigenvalue weighted by Gasteiger charge is -2.38. The number of fused-ring (bicyclic) bond motifs is 1. The number of benzene rings is 3. The van der Waals surface area contributed by atoms with E-state index in [1.54, 1.807) is 16.7 Å². The maximum Gasteiger partial charge on any atom is 0.259 e. The van der Waals surface area contributed by atoms with Gasteiger partial charge < -0.3 is 0 Å². The number of anilines is 2. The molecule has 0 spiro atoms. The number of aromatic nitrogens is 2. The van der Waals surface area contributed by atoms with E-state index in [9.17, 15) is 9.18 Å². The number of nitrogens with zero attached hydrogens (tertiary/aromatic N) is 4. The highest BCUT2D eigenvalue weighted by atomic mass is 35.5. The van der Waals surface area contributed by atoms with Crippen LogP contribution in [0.2, 0.25) is 5.02 Å². The van der Waals surface area contributed by atoms with Crippen LogP contribution in [-0.2, 0) is 19.6 Å². The molecule has 2 heterocycles. The second kappa shape index (κ2) is 9.41. The Balaban J connectivity index is 1.58. The van der Waals surface area contributed by atoms with E-state index in [-0.39, 0.29) is 11.4 Å². The third kappa shape index (κ3) is 4.47. The minimum absolute atomic E-state index is 0.0673. The van der Waals surface area contributed by atoms with Gasteiger partial charge in [-0.3, -0.25) is 19.2 Å². The lowest BCUT2D eigenvalue weighted by atomic mass is 10.1. The standard InChI is InChI=1S/C27H24ClFN4O/c1-19-24(15-20-7-3-2-4-8-20)26(34)33-18-31(16-21-9-5-6-10-25(21)28)17-32(27(33)30-19)23-13-11-22(29)12-14-23/h2-14H,15-18H2,1H3. The van der Waals surface area contributed by atoms with Crippen molar-refractivity contribution in [2.24, 2.45) is 0 Å². The Morgan fingerprint density at radius 3 is 2.38 bits per heavy atom. The van der Waals surface area contributed by atoms with E-state index in [1.165, 1.54) is 12.1 Å². The fraction of sp³-hybridized carbons (Fsp3) is 0.185. The Bertz CT molecular complexity index is 1370. The summed E-state index contributed by atoms with van der Waals surface area (Å²) in [4.78, 5) is 22.6. The quantitative estimate of drug-likeness (QED) is 0.383. The molecule has 0 N–H and O–H groups in total. The van der Waals surface area contributed by atoms with Crippen molar-refractivity contribution in [2.45, 2.75) is 26.6 Å². The van der Waals surface area contributed by atoms with Crippen molar-refractivity contribution in [2.75, 3.05) is 11.6 Å². The molecule has 34 heavy (non-hydrogen) atoms. The van der Waals surface area contributed by atoms with Gasteiger partial charge in [0.25, 0.3) is 5.56 Å². The third-order valence-corrected chi connectivity index (χ3v) is 6.46. The lowest BCUT2D eigenvalue weighted by Crippen LogP contribution is -2.47. The molecule has 4 aromatic rings. The van der Waals surface area contributed by atoms with Crippen LogP contribution in [0.3, 0.4) is 0 Å². The number of rotatable bonds is 5. The second-order valence-corrected chi connectivity index (χ2v) is 8.89. The van der Waals surface area contributed by atoms with Crippen molar-refractivity contribution >= 4 is 23.2 Å². The molecule has 0 aliphatic carbocycles. The second-order valence-electron chi connectivity index (χ2n) is 8.48. The van der Waals surface area contributed by atoms with E-state index < -0.39 is 0 Å². The minimum atomic E-state index is -0.312. The van der Waals surface area contributed by atoms with Crippen LogP contribution in [0.4, 0.5) is 16.0 Å². The number of halogens is 2. The van der Waals surface area contributed by atoms with Crippen molar-refractivity contribution in [1.29, 1.82) is 0 Å². The van der Waals surface area contributed by atoms with Crippen LogP contribution in [0.15, 0.2) is 83.7 Å². The molecule has 1 aliphatic rings. The summed E-state index contributed by atoms with van der Waals surface area (Å²) in [7, 11) is 0. The van der Waals surface area contributed by atoms with Gasteiger partial charge in [0.1, 0.15) is 5.82 Å². The first-order valence-corrected chi connectivity index (χ1v) is 11.5. The molecule has 5 rings (SSSR count). The van der Waals surface area contributed by atoms with Gasteiger partial charge >= 0.3 is 0 Å². The van der Waals surface area contributed by atoms with Crippen molar-refractivity contribution in [1.82, 2.24) is 14.5 Å². The molecule has 0 fully saturated rings. The predicted octanol–water partition coefficient (Wildman–Crippen LogP) is 5.50. The van der Waals surface area contributed by atoms with E-state index >= 15 is 0 Å². The summed E-state index contributed by atoms with van der Waals surface area (Å²) in [5, 5.41) is 0.681. The van der Waals surface area contributed by atoms with Crippen molar-refractivity contribution in [3.8, 4) is 0 Å². The molecule has 172 valence electrons. The summed E-state index contributed by atoms with van der Waals surface area (Å²) < 4.78 is 15.3. The molecule has 0 radical (unpaired) electrons. The number of aryl methyl sites for hydroxylation is 1. The molecule has 1 aromatic heterocycles. The molecule has 0 bridgehead atoms. The SMILES string of the molecule is Cc1nc2n(c(=O)c1Cc1ccccc1)CN(Cc1ccccc1Cl)CN2c1ccc(F)cc1. The molecule has 1 aliphatic heterocycles. The van der Waals surface area contributed by atoms with E-state index in [0.717, 1.165) is 16.8 Å². The number of hydrogen-bond donors (Lipinski definition) is 0. The molecule has 5 nitrogen and oxygen atoms in total. The van der Waals surface area contributed by atoms with Gasteiger partial charge in [0.15, 0.2) is 0 Å². The molecule has 3 aromatic carbocycles. The third-order valence-electron chi connectivity index (χ3n) is 6.09. The molecular formula is C27H24ClFN4O. The smallest absolute Gasteiger partial charge is 0.259 e. The van der Waals surface area contributed by atoms with Crippen molar-refractivity contribution in [3.05, 3.63) is 122 Å². The van der Waals surface area contributed by atoms with E-state index in [4.69, 9.17) is 16.6 Å². The van der Waals surface area contributed by atoms with Gasteiger partial charge in [0, 0.05) is 29.2 Å². The largest absolute Gasteiger partial charge is 0.298 e. The van der Waals surface area contributed by atoms with Crippen LogP contribution in [0.5, 0.6) is 0 Å². The Morgan fingerprint density at radius 1 is 0.941 bits per heavy atom. The highest BCUT2D eigenvalue weighted by Gasteiger charge is 2.28. The average molecular weight is 475 g/mol. The molecule has 0 saturated carbocycles. The van der Waals surface area contributed by atoms with Gasteiger partial charge in [-0.2, -0.15) is 0 Å². The summed E-state index contributed by atoms with van der Waals surface area (Å²) in [5.74, 6) is 0.245. The maximum absolute atomic E-state index is 13.7. The molecule has 7 heteroatoms. The van der Waals surface area contributed by atoms with Crippen LogP contribution >= 0.6 is 11.6 Å². The summed E-state index contributed by atoms with van der Waals surface area (Å²) in [6.45, 7) is 3.30. The zero-order valence-corrected chi connectivity index (χ0v) is 19.5. The normalized spacial score (nSPS) is 13.7. The topological polar surface area (TPSA) is 41.4 Å². The predicted molar refractivity (Wildman–Crippen MR) is 133 cm³/mol. The van der Waals surface area contributed by atoms with E-state index in [2.05, 4.69) is 4.90 Å². The average Bonchev–Trinajstić information content (AvgIpc) is 2.84. The Labute approximate surface area is 202 Å². The van der Waals surface area contributed by atoms with E-state index in [1.807, 2.05) is 66.4 Å². The maximum atomic E-state index is 13.7. The fourth-order valence-corrected chi connectivity index (χ4v) is 4.51. The van der Waals surface area contributed by atoms with Crippen molar-refractivity contribution < 1.29 is 4.39 Å².